The van der Waals surface area contributed by atoms with Crippen molar-refractivity contribution in [1.29, 1.82) is 0 Å². The van der Waals surface area contributed by atoms with Gasteiger partial charge in [-0.3, -0.25) is 0 Å². The van der Waals surface area contributed by atoms with Crippen LogP contribution in [0.3, 0.4) is 0 Å². The molecule has 0 aliphatic heterocycles. The lowest BCUT2D eigenvalue weighted by Gasteiger charge is -2.39. The summed E-state index contributed by atoms with van der Waals surface area (Å²) in [4.78, 5) is 0. The highest BCUT2D eigenvalue weighted by molar-refractivity contribution is 5.38. The maximum Gasteiger partial charge on any atom is 0.128 e. The highest BCUT2D eigenvalue weighted by Crippen LogP contribution is 2.31. The summed E-state index contributed by atoms with van der Waals surface area (Å²) in [5, 5.41) is 39.5. The van der Waals surface area contributed by atoms with E-state index in [9.17, 15) is 24.8 Å². The van der Waals surface area contributed by atoms with Gasteiger partial charge in [0, 0.05) is 18.9 Å². The van der Waals surface area contributed by atoms with Crippen LogP contribution in [-0.2, 0) is 6.42 Å². The first kappa shape index (κ1) is 18.8. The fourth-order valence-corrected chi connectivity index (χ4v) is 3.37. The van der Waals surface area contributed by atoms with Gasteiger partial charge in [0.1, 0.15) is 29.9 Å². The van der Waals surface area contributed by atoms with Crippen molar-refractivity contribution < 1.29 is 29.6 Å². The Morgan fingerprint density at radius 1 is 0.962 bits per heavy atom. The molecule has 1 aliphatic carbocycles. The van der Waals surface area contributed by atoms with Crippen LogP contribution in [0.2, 0.25) is 0 Å². The Balaban J connectivity index is 1.79. The molecule has 4 N–H and O–H groups in total. The third kappa shape index (κ3) is 4.04. The molecule has 0 spiro atoms. The van der Waals surface area contributed by atoms with Crippen molar-refractivity contribution >= 4 is 0 Å². The molecule has 0 radical (unpaired) electrons. The SMILES string of the molecule is OC[C@H]1C[C@@H](Oc2ccccc2Cc2cccc(F)c2)[C@H](O)[C@@H](O)[C@@H]1O. The zero-order valence-electron chi connectivity index (χ0n) is 14.2. The fraction of sp³-hybridized carbons (Fsp3) is 0.400. The Hall–Kier alpha value is -1.99. The van der Waals surface area contributed by atoms with E-state index in [-0.39, 0.29) is 18.8 Å². The summed E-state index contributed by atoms with van der Waals surface area (Å²) in [7, 11) is 0. The third-order valence-corrected chi connectivity index (χ3v) is 4.87. The molecule has 1 fully saturated rings. The van der Waals surface area contributed by atoms with Crippen molar-refractivity contribution in [3.05, 3.63) is 65.5 Å². The normalized spacial score (nSPS) is 28.7. The Morgan fingerprint density at radius 2 is 1.73 bits per heavy atom. The average Bonchev–Trinajstić information content (AvgIpc) is 2.63. The summed E-state index contributed by atoms with van der Waals surface area (Å²) in [6.07, 6.45) is -3.96. The number of aliphatic hydroxyl groups is 4. The van der Waals surface area contributed by atoms with E-state index in [1.165, 1.54) is 12.1 Å². The van der Waals surface area contributed by atoms with Crippen LogP contribution < -0.4 is 4.74 Å². The maximum atomic E-state index is 13.4. The van der Waals surface area contributed by atoms with E-state index in [4.69, 9.17) is 4.74 Å². The molecule has 140 valence electrons. The van der Waals surface area contributed by atoms with Gasteiger partial charge < -0.3 is 25.2 Å². The predicted molar refractivity (Wildman–Crippen MR) is 93.3 cm³/mol. The van der Waals surface area contributed by atoms with E-state index in [0.717, 1.165) is 11.1 Å². The number of halogens is 1. The predicted octanol–water partition coefficient (Wildman–Crippen LogP) is 1.26. The van der Waals surface area contributed by atoms with Gasteiger partial charge in [0.15, 0.2) is 0 Å². The molecule has 0 unspecified atom stereocenters. The number of para-hydroxylation sites is 1. The minimum absolute atomic E-state index is 0.212. The summed E-state index contributed by atoms with van der Waals surface area (Å²) in [6, 6.07) is 13.5. The van der Waals surface area contributed by atoms with Crippen molar-refractivity contribution in [3.63, 3.8) is 0 Å². The monoisotopic (exact) mass is 362 g/mol. The van der Waals surface area contributed by atoms with Crippen LogP contribution in [-0.4, -0.2) is 51.4 Å². The molecule has 0 aromatic heterocycles. The number of rotatable bonds is 5. The second kappa shape index (κ2) is 8.14. The van der Waals surface area contributed by atoms with Gasteiger partial charge in [0.2, 0.25) is 0 Å². The molecule has 0 heterocycles. The van der Waals surface area contributed by atoms with Crippen molar-refractivity contribution in [2.45, 2.75) is 37.3 Å². The molecular formula is C20H23FO5. The topological polar surface area (TPSA) is 90.2 Å². The van der Waals surface area contributed by atoms with Crippen molar-refractivity contribution in [2.24, 2.45) is 5.92 Å². The summed E-state index contributed by atoms with van der Waals surface area (Å²) in [6.45, 7) is -0.310. The van der Waals surface area contributed by atoms with Gasteiger partial charge in [0.05, 0.1) is 6.10 Å². The number of ether oxygens (including phenoxy) is 1. The van der Waals surface area contributed by atoms with E-state index < -0.39 is 30.3 Å². The van der Waals surface area contributed by atoms with Gasteiger partial charge in [-0.1, -0.05) is 30.3 Å². The molecule has 0 amide bonds. The van der Waals surface area contributed by atoms with Crippen LogP contribution in [0.15, 0.2) is 48.5 Å². The molecule has 2 aromatic carbocycles. The van der Waals surface area contributed by atoms with Crippen LogP contribution in [0.1, 0.15) is 17.5 Å². The number of hydrogen-bond donors (Lipinski definition) is 4. The highest BCUT2D eigenvalue weighted by Gasteiger charge is 2.43. The van der Waals surface area contributed by atoms with Crippen LogP contribution >= 0.6 is 0 Å². The lowest BCUT2D eigenvalue weighted by molar-refractivity contribution is -0.157. The molecule has 3 rings (SSSR count). The highest BCUT2D eigenvalue weighted by atomic mass is 19.1. The maximum absolute atomic E-state index is 13.4. The summed E-state index contributed by atoms with van der Waals surface area (Å²) < 4.78 is 19.3. The first-order valence-electron chi connectivity index (χ1n) is 8.63. The molecular weight excluding hydrogens is 339 g/mol. The van der Waals surface area contributed by atoms with Crippen LogP contribution in [0, 0.1) is 11.7 Å². The molecule has 26 heavy (non-hydrogen) atoms. The zero-order chi connectivity index (χ0) is 18.7. The Bertz CT molecular complexity index is 736. The van der Waals surface area contributed by atoms with Gasteiger partial charge in [-0.2, -0.15) is 0 Å². The smallest absolute Gasteiger partial charge is 0.128 e. The first-order valence-corrected chi connectivity index (χ1v) is 8.63. The van der Waals surface area contributed by atoms with Crippen LogP contribution in [0.5, 0.6) is 5.75 Å². The number of benzene rings is 2. The van der Waals surface area contributed by atoms with Gasteiger partial charge in [-0.05, 0) is 35.7 Å². The van der Waals surface area contributed by atoms with Crippen molar-refractivity contribution in [1.82, 2.24) is 0 Å². The van der Waals surface area contributed by atoms with Gasteiger partial charge >= 0.3 is 0 Å². The standard InChI is InChI=1S/C20H23FO5/c21-15-6-3-4-12(9-15)8-13-5-1-2-7-16(13)26-17-10-14(11-22)18(23)20(25)19(17)24/h1-7,9,14,17-20,22-25H,8,10-11H2/t14-,17-,18-,19+,20+/m1/s1. The molecule has 2 aromatic rings. The Labute approximate surface area is 151 Å². The van der Waals surface area contributed by atoms with Gasteiger partial charge in [-0.15, -0.1) is 0 Å². The average molecular weight is 362 g/mol. The zero-order valence-corrected chi connectivity index (χ0v) is 14.2. The Morgan fingerprint density at radius 3 is 2.46 bits per heavy atom. The lowest BCUT2D eigenvalue weighted by atomic mass is 9.81. The first-order chi connectivity index (χ1) is 12.5. The molecule has 0 saturated heterocycles. The van der Waals surface area contributed by atoms with Crippen LogP contribution in [0.25, 0.3) is 0 Å². The lowest BCUT2D eigenvalue weighted by Crippen LogP contribution is -2.56. The van der Waals surface area contributed by atoms with E-state index >= 15 is 0 Å². The molecule has 1 aliphatic rings. The fourth-order valence-electron chi connectivity index (χ4n) is 3.37. The van der Waals surface area contributed by atoms with Crippen molar-refractivity contribution in [2.75, 3.05) is 6.61 Å². The van der Waals surface area contributed by atoms with Gasteiger partial charge in [-0.25, -0.2) is 4.39 Å². The molecule has 0 bridgehead atoms. The molecule has 1 saturated carbocycles. The van der Waals surface area contributed by atoms with E-state index in [0.29, 0.717) is 12.2 Å². The van der Waals surface area contributed by atoms with Crippen molar-refractivity contribution in [3.8, 4) is 5.75 Å². The number of aliphatic hydroxyl groups excluding tert-OH is 4. The minimum Gasteiger partial charge on any atom is -0.487 e. The van der Waals surface area contributed by atoms with Crippen LogP contribution in [0.4, 0.5) is 4.39 Å². The number of hydrogen-bond acceptors (Lipinski definition) is 5. The minimum atomic E-state index is -1.39. The van der Waals surface area contributed by atoms with E-state index in [1.807, 2.05) is 18.2 Å². The second-order valence-electron chi connectivity index (χ2n) is 6.72. The summed E-state index contributed by atoms with van der Waals surface area (Å²) >= 11 is 0. The molecule has 5 atom stereocenters. The third-order valence-electron chi connectivity index (χ3n) is 4.87. The quantitative estimate of drug-likeness (QED) is 0.643. The molecule has 6 heteroatoms. The largest absolute Gasteiger partial charge is 0.487 e. The summed E-state index contributed by atoms with van der Waals surface area (Å²) in [5.41, 5.74) is 1.60. The molecule has 5 nitrogen and oxygen atoms in total. The van der Waals surface area contributed by atoms with E-state index in [1.54, 1.807) is 18.2 Å². The summed E-state index contributed by atoms with van der Waals surface area (Å²) in [5.74, 6) is -0.374. The van der Waals surface area contributed by atoms with E-state index in [2.05, 4.69) is 0 Å². The second-order valence-corrected chi connectivity index (χ2v) is 6.72. The Kier molecular flexibility index (Phi) is 5.88. The van der Waals surface area contributed by atoms with Gasteiger partial charge in [0.25, 0.3) is 0 Å².